The maximum absolute atomic E-state index is 11.9. The molecule has 0 fully saturated rings. The first-order valence-electron chi connectivity index (χ1n) is 8.12. The van der Waals surface area contributed by atoms with Crippen LogP contribution in [0.25, 0.3) is 0 Å². The van der Waals surface area contributed by atoms with Gasteiger partial charge in [0.05, 0.1) is 19.2 Å². The maximum Gasteiger partial charge on any atom is 0.306 e. The first-order valence-corrected chi connectivity index (χ1v) is 8.49. The summed E-state index contributed by atoms with van der Waals surface area (Å²) in [7, 11) is 1.50. The molecule has 0 saturated heterocycles. The van der Waals surface area contributed by atoms with E-state index in [0.29, 0.717) is 22.1 Å². The van der Waals surface area contributed by atoms with E-state index in [1.54, 1.807) is 48.5 Å². The quantitative estimate of drug-likeness (QED) is 0.675. The summed E-state index contributed by atoms with van der Waals surface area (Å²) >= 11 is 5.82. The largest absolute Gasteiger partial charge is 0.495 e. The summed E-state index contributed by atoms with van der Waals surface area (Å²) in [5, 5.41) is 5.69. The van der Waals surface area contributed by atoms with Crippen molar-refractivity contribution in [2.45, 2.75) is 12.8 Å². The summed E-state index contributed by atoms with van der Waals surface area (Å²) in [5.41, 5.74) is 1.01. The molecule has 0 unspecified atom stereocenters. The highest BCUT2D eigenvalue weighted by atomic mass is 35.5. The number of para-hydroxylation sites is 2. The molecular weight excluding hydrogens is 372 g/mol. The first-order chi connectivity index (χ1) is 13.0. The summed E-state index contributed by atoms with van der Waals surface area (Å²) in [6, 6.07) is 13.5. The monoisotopic (exact) mass is 390 g/mol. The third-order valence-electron chi connectivity index (χ3n) is 3.41. The predicted molar refractivity (Wildman–Crippen MR) is 102 cm³/mol. The summed E-state index contributed by atoms with van der Waals surface area (Å²) in [4.78, 5) is 35.4. The molecule has 0 aliphatic carbocycles. The van der Waals surface area contributed by atoms with Crippen LogP contribution < -0.4 is 15.4 Å². The number of benzene rings is 2. The van der Waals surface area contributed by atoms with Gasteiger partial charge in [-0.3, -0.25) is 14.4 Å². The lowest BCUT2D eigenvalue weighted by Crippen LogP contribution is -2.21. The minimum absolute atomic E-state index is 0.0766. The van der Waals surface area contributed by atoms with Gasteiger partial charge in [0.25, 0.3) is 5.91 Å². The Bertz CT molecular complexity index is 825. The molecule has 0 aliphatic rings. The van der Waals surface area contributed by atoms with Crippen molar-refractivity contribution in [3.05, 3.63) is 53.6 Å². The number of methoxy groups -OCH3 is 1. The minimum Gasteiger partial charge on any atom is -0.495 e. The molecule has 0 bridgehead atoms. The number of halogens is 1. The van der Waals surface area contributed by atoms with Crippen LogP contribution in [0.2, 0.25) is 5.02 Å². The molecule has 2 aromatic rings. The molecule has 0 saturated carbocycles. The molecule has 142 valence electrons. The van der Waals surface area contributed by atoms with Gasteiger partial charge in [0.15, 0.2) is 6.61 Å². The fourth-order valence-electron chi connectivity index (χ4n) is 2.16. The molecule has 0 aromatic heterocycles. The van der Waals surface area contributed by atoms with E-state index >= 15 is 0 Å². The van der Waals surface area contributed by atoms with Crippen LogP contribution in [-0.4, -0.2) is 31.5 Å². The van der Waals surface area contributed by atoms with E-state index in [4.69, 9.17) is 21.1 Å². The van der Waals surface area contributed by atoms with Crippen molar-refractivity contribution in [3.8, 4) is 5.75 Å². The third kappa shape index (κ3) is 6.99. The van der Waals surface area contributed by atoms with E-state index in [1.807, 2.05) is 0 Å². The number of carbonyl (C=O) groups excluding carboxylic acids is 3. The molecule has 0 heterocycles. The number of esters is 1. The minimum atomic E-state index is -0.647. The second-order valence-electron chi connectivity index (χ2n) is 5.47. The summed E-state index contributed by atoms with van der Waals surface area (Å²) in [6.45, 7) is -0.445. The van der Waals surface area contributed by atoms with Gasteiger partial charge >= 0.3 is 5.97 Å². The molecule has 2 N–H and O–H groups in total. The molecule has 8 heteroatoms. The molecule has 2 rings (SSSR count). The van der Waals surface area contributed by atoms with Crippen LogP contribution in [0, 0.1) is 0 Å². The Labute approximate surface area is 161 Å². The van der Waals surface area contributed by atoms with Gasteiger partial charge in [0.1, 0.15) is 5.75 Å². The van der Waals surface area contributed by atoms with Crippen LogP contribution in [0.3, 0.4) is 0 Å². The summed E-state index contributed by atoms with van der Waals surface area (Å²) < 4.78 is 10.00. The van der Waals surface area contributed by atoms with Crippen LogP contribution in [0.15, 0.2) is 48.5 Å². The second-order valence-corrected chi connectivity index (χ2v) is 5.90. The van der Waals surface area contributed by atoms with Crippen molar-refractivity contribution >= 4 is 40.8 Å². The zero-order chi connectivity index (χ0) is 19.6. The van der Waals surface area contributed by atoms with E-state index in [2.05, 4.69) is 10.6 Å². The molecule has 2 aromatic carbocycles. The predicted octanol–water partition coefficient (Wildman–Crippen LogP) is 3.25. The molecule has 0 aliphatic heterocycles. The van der Waals surface area contributed by atoms with Crippen LogP contribution in [0.1, 0.15) is 12.8 Å². The van der Waals surface area contributed by atoms with Crippen molar-refractivity contribution < 1.29 is 23.9 Å². The number of anilines is 2. The van der Waals surface area contributed by atoms with Gasteiger partial charge in [-0.1, -0.05) is 29.8 Å². The summed E-state index contributed by atoms with van der Waals surface area (Å²) in [6.07, 6.45) is -0.224. The van der Waals surface area contributed by atoms with Crippen molar-refractivity contribution in [3.63, 3.8) is 0 Å². The highest BCUT2D eigenvalue weighted by Crippen LogP contribution is 2.23. The zero-order valence-electron chi connectivity index (χ0n) is 14.7. The molecule has 7 nitrogen and oxygen atoms in total. The van der Waals surface area contributed by atoms with Gasteiger partial charge in [-0.2, -0.15) is 0 Å². The van der Waals surface area contributed by atoms with E-state index < -0.39 is 18.5 Å². The van der Waals surface area contributed by atoms with E-state index in [-0.39, 0.29) is 18.7 Å². The SMILES string of the molecule is COc1ccccc1NC(=O)CCC(=O)OCC(=O)Nc1cccc(Cl)c1. The lowest BCUT2D eigenvalue weighted by molar-refractivity contribution is -0.147. The summed E-state index contributed by atoms with van der Waals surface area (Å²) in [5.74, 6) is -0.985. The van der Waals surface area contributed by atoms with Crippen LogP contribution in [-0.2, 0) is 19.1 Å². The Kier molecular flexibility index (Phi) is 7.63. The van der Waals surface area contributed by atoms with Crippen LogP contribution in [0.5, 0.6) is 5.75 Å². The fourth-order valence-corrected chi connectivity index (χ4v) is 2.35. The Balaban J connectivity index is 1.71. The van der Waals surface area contributed by atoms with Gasteiger partial charge in [0.2, 0.25) is 5.91 Å². The maximum atomic E-state index is 11.9. The second kappa shape index (κ2) is 10.2. The smallest absolute Gasteiger partial charge is 0.306 e. The van der Waals surface area contributed by atoms with Crippen LogP contribution >= 0.6 is 11.6 Å². The normalized spacial score (nSPS) is 10.0. The molecule has 0 atom stereocenters. The first kappa shape index (κ1) is 20.3. The van der Waals surface area contributed by atoms with Crippen molar-refractivity contribution in [1.82, 2.24) is 0 Å². The standard InChI is InChI=1S/C19H19ClN2O5/c1-26-16-8-3-2-7-15(16)22-17(23)9-10-19(25)27-12-18(24)21-14-6-4-5-13(20)11-14/h2-8,11H,9-10,12H2,1H3,(H,21,24)(H,22,23). The average molecular weight is 391 g/mol. The molecule has 2 amide bonds. The van der Waals surface area contributed by atoms with Gasteiger partial charge in [0, 0.05) is 17.1 Å². The Morgan fingerprint density at radius 2 is 1.74 bits per heavy atom. The number of hydrogen-bond acceptors (Lipinski definition) is 5. The van der Waals surface area contributed by atoms with Crippen LogP contribution in [0.4, 0.5) is 11.4 Å². The molecular formula is C19H19ClN2O5. The van der Waals surface area contributed by atoms with Gasteiger partial charge < -0.3 is 20.1 Å². The van der Waals surface area contributed by atoms with E-state index in [9.17, 15) is 14.4 Å². The molecule has 0 radical (unpaired) electrons. The zero-order valence-corrected chi connectivity index (χ0v) is 15.4. The van der Waals surface area contributed by atoms with Gasteiger partial charge in [-0.25, -0.2) is 0 Å². The van der Waals surface area contributed by atoms with Gasteiger partial charge in [-0.05, 0) is 30.3 Å². The molecule has 27 heavy (non-hydrogen) atoms. The number of amides is 2. The lowest BCUT2D eigenvalue weighted by Gasteiger charge is -2.10. The van der Waals surface area contributed by atoms with E-state index in [1.165, 1.54) is 7.11 Å². The number of carbonyl (C=O) groups is 3. The Hall–Kier alpha value is -3.06. The highest BCUT2D eigenvalue weighted by Gasteiger charge is 2.12. The average Bonchev–Trinajstić information content (AvgIpc) is 2.65. The van der Waals surface area contributed by atoms with Crippen molar-refractivity contribution in [2.24, 2.45) is 0 Å². The Morgan fingerprint density at radius 3 is 2.48 bits per heavy atom. The number of nitrogens with one attached hydrogen (secondary N) is 2. The van der Waals surface area contributed by atoms with Gasteiger partial charge in [-0.15, -0.1) is 0 Å². The van der Waals surface area contributed by atoms with Crippen molar-refractivity contribution in [1.29, 1.82) is 0 Å². The number of hydrogen-bond donors (Lipinski definition) is 2. The number of rotatable bonds is 8. The Morgan fingerprint density at radius 1 is 0.963 bits per heavy atom. The highest BCUT2D eigenvalue weighted by molar-refractivity contribution is 6.30. The van der Waals surface area contributed by atoms with E-state index in [0.717, 1.165) is 0 Å². The lowest BCUT2D eigenvalue weighted by atomic mass is 10.2. The molecule has 0 spiro atoms. The number of ether oxygens (including phenoxy) is 2. The van der Waals surface area contributed by atoms with Crippen molar-refractivity contribution in [2.75, 3.05) is 24.4 Å². The topological polar surface area (TPSA) is 93.7 Å². The third-order valence-corrected chi connectivity index (χ3v) is 3.64. The fraction of sp³-hybridized carbons (Fsp3) is 0.211.